The Morgan fingerprint density at radius 2 is 1.46 bits per heavy atom. The Bertz CT molecular complexity index is 1650. The summed E-state index contributed by atoms with van der Waals surface area (Å²) in [7, 11) is 1.50. The number of hydrogen-bond acceptors (Lipinski definition) is 7. The number of carbonyl (C=O) groups is 2. The Morgan fingerprint density at radius 1 is 0.854 bits per heavy atom. The summed E-state index contributed by atoms with van der Waals surface area (Å²) in [5, 5.41) is 1.16. The third kappa shape index (κ3) is 6.71. The summed E-state index contributed by atoms with van der Waals surface area (Å²) < 4.78 is 61.4. The van der Waals surface area contributed by atoms with Gasteiger partial charge in [0.25, 0.3) is 0 Å². The van der Waals surface area contributed by atoms with Crippen LogP contribution < -0.4 is 14.2 Å². The van der Waals surface area contributed by atoms with E-state index in [1.807, 2.05) is 36.4 Å². The number of alkyl halides is 3. The van der Waals surface area contributed by atoms with Gasteiger partial charge in [0.05, 0.1) is 23.1 Å². The molecule has 214 valence electrons. The maximum Gasteiger partial charge on any atom is 0.573 e. The molecule has 10 heteroatoms. The van der Waals surface area contributed by atoms with Crippen molar-refractivity contribution >= 4 is 43.4 Å². The highest BCUT2D eigenvalue weighted by Crippen LogP contribution is 2.50. The summed E-state index contributed by atoms with van der Waals surface area (Å²) in [5.41, 5.74) is 3.03. The fourth-order valence-corrected chi connectivity index (χ4v) is 5.46. The molecule has 0 saturated heterocycles. The molecule has 0 bridgehead atoms. The summed E-state index contributed by atoms with van der Waals surface area (Å²) in [6.45, 7) is 10.3. The first-order valence-electron chi connectivity index (χ1n) is 12.5. The van der Waals surface area contributed by atoms with Crippen molar-refractivity contribution in [3.8, 4) is 28.4 Å². The Hall–Kier alpha value is -4.31. The lowest BCUT2D eigenvalue weighted by molar-refractivity contribution is -0.274. The van der Waals surface area contributed by atoms with Crippen LogP contribution in [0.15, 0.2) is 72.8 Å². The van der Waals surface area contributed by atoms with Crippen molar-refractivity contribution in [3.05, 3.63) is 78.4 Å². The molecule has 4 rings (SSSR count). The highest BCUT2D eigenvalue weighted by atomic mass is 32.1. The zero-order valence-electron chi connectivity index (χ0n) is 22.6. The Balaban J connectivity index is 1.70. The van der Waals surface area contributed by atoms with Crippen molar-refractivity contribution in [2.24, 2.45) is 0 Å². The van der Waals surface area contributed by atoms with Gasteiger partial charge in [-0.2, -0.15) is 0 Å². The molecule has 0 fully saturated rings. The van der Waals surface area contributed by atoms with Gasteiger partial charge in [0.2, 0.25) is 0 Å². The molecule has 6 nitrogen and oxygen atoms in total. The van der Waals surface area contributed by atoms with Gasteiger partial charge in [0, 0.05) is 27.5 Å². The van der Waals surface area contributed by atoms with Crippen LogP contribution in [0.4, 0.5) is 13.2 Å². The van der Waals surface area contributed by atoms with E-state index in [1.165, 1.54) is 20.1 Å². The summed E-state index contributed by atoms with van der Waals surface area (Å²) >= 11 is 1.05. The van der Waals surface area contributed by atoms with E-state index < -0.39 is 24.1 Å². The van der Waals surface area contributed by atoms with Gasteiger partial charge in [-0.25, -0.2) is 9.59 Å². The van der Waals surface area contributed by atoms with E-state index in [0.29, 0.717) is 39.6 Å². The van der Waals surface area contributed by atoms with Crippen molar-refractivity contribution in [2.45, 2.75) is 33.1 Å². The normalized spacial score (nSPS) is 11.4. The first-order chi connectivity index (χ1) is 19.4. The molecule has 0 saturated carbocycles. The van der Waals surface area contributed by atoms with E-state index in [4.69, 9.17) is 14.2 Å². The Labute approximate surface area is 238 Å². The monoisotopic (exact) mass is 584 g/mol. The van der Waals surface area contributed by atoms with Gasteiger partial charge in [-0.3, -0.25) is 0 Å². The number of rotatable bonds is 10. The van der Waals surface area contributed by atoms with E-state index >= 15 is 0 Å². The standard InChI is InChI=1S/C31H27F3O6S/c1-17(2)29(35)38-16-6-7-19-8-10-20(11-9-19)21-12-13-22-23-14-15-24(39-30(36)18(3)4)26(40-31(32,33)34)28(23)41-27(22)25(21)37-5/h8-15H,1,3,6-7,16H2,2,4-5H3. The molecule has 0 aliphatic carbocycles. The molecule has 41 heavy (non-hydrogen) atoms. The molecule has 3 aromatic carbocycles. The van der Waals surface area contributed by atoms with Crippen LogP contribution in [0, 0.1) is 0 Å². The van der Waals surface area contributed by atoms with E-state index in [-0.39, 0.29) is 22.6 Å². The molecular formula is C31H27F3O6S. The number of hydrogen-bond donors (Lipinski definition) is 0. The molecule has 0 N–H and O–H groups in total. The first kappa shape index (κ1) is 29.7. The number of carbonyl (C=O) groups excluding carboxylic acids is 2. The van der Waals surface area contributed by atoms with Crippen LogP contribution in [0.1, 0.15) is 25.8 Å². The van der Waals surface area contributed by atoms with Crippen LogP contribution in [0.25, 0.3) is 31.3 Å². The summed E-state index contributed by atoms with van der Waals surface area (Å²) in [4.78, 5) is 23.6. The number of ether oxygens (including phenoxy) is 4. The molecule has 0 amide bonds. The highest BCUT2D eigenvalue weighted by Gasteiger charge is 2.35. The minimum Gasteiger partial charge on any atom is -0.495 e. The predicted octanol–water partition coefficient (Wildman–Crippen LogP) is 8.16. The lowest BCUT2D eigenvalue weighted by atomic mass is 10.00. The second kappa shape index (κ2) is 12.1. The third-order valence-electron chi connectivity index (χ3n) is 6.11. The van der Waals surface area contributed by atoms with Gasteiger partial charge in [-0.15, -0.1) is 24.5 Å². The van der Waals surface area contributed by atoms with Crippen LogP contribution >= 0.6 is 11.3 Å². The van der Waals surface area contributed by atoms with Crippen LogP contribution in [0.3, 0.4) is 0 Å². The second-order valence-corrected chi connectivity index (χ2v) is 10.3. The Kier molecular flexibility index (Phi) is 8.72. The van der Waals surface area contributed by atoms with Gasteiger partial charge in [0.1, 0.15) is 5.75 Å². The molecule has 1 heterocycles. The van der Waals surface area contributed by atoms with Crippen molar-refractivity contribution in [2.75, 3.05) is 13.7 Å². The van der Waals surface area contributed by atoms with E-state index in [0.717, 1.165) is 28.0 Å². The highest BCUT2D eigenvalue weighted by molar-refractivity contribution is 7.26. The van der Waals surface area contributed by atoms with E-state index in [2.05, 4.69) is 17.9 Å². The van der Waals surface area contributed by atoms with Gasteiger partial charge < -0.3 is 18.9 Å². The number of esters is 2. The van der Waals surface area contributed by atoms with Crippen molar-refractivity contribution in [1.29, 1.82) is 0 Å². The SMILES string of the molecule is C=C(C)C(=O)OCCCc1ccc(-c2ccc3c(sc4c(OC(F)(F)F)c(OC(=O)C(=C)C)ccc43)c2OC)cc1. The quantitative estimate of drug-likeness (QED) is 0.0811. The van der Waals surface area contributed by atoms with Crippen LogP contribution in [-0.4, -0.2) is 32.0 Å². The molecule has 1 aromatic heterocycles. The van der Waals surface area contributed by atoms with Crippen LogP contribution in [0.2, 0.25) is 0 Å². The molecule has 0 radical (unpaired) electrons. The third-order valence-corrected chi connectivity index (χ3v) is 7.33. The zero-order chi connectivity index (χ0) is 29.9. The van der Waals surface area contributed by atoms with E-state index in [9.17, 15) is 22.8 Å². The maximum atomic E-state index is 13.4. The number of fused-ring (bicyclic) bond motifs is 3. The van der Waals surface area contributed by atoms with Crippen molar-refractivity contribution in [3.63, 3.8) is 0 Å². The van der Waals surface area contributed by atoms with Gasteiger partial charge in [0.15, 0.2) is 11.5 Å². The zero-order valence-corrected chi connectivity index (χ0v) is 23.5. The lowest BCUT2D eigenvalue weighted by Crippen LogP contribution is -2.18. The fourth-order valence-electron chi connectivity index (χ4n) is 4.16. The summed E-state index contributed by atoms with van der Waals surface area (Å²) in [5.74, 6) is -1.76. The largest absolute Gasteiger partial charge is 0.573 e. The second-order valence-electron chi connectivity index (χ2n) is 9.33. The molecule has 0 unspecified atom stereocenters. The number of halogens is 3. The van der Waals surface area contributed by atoms with Gasteiger partial charge in [-0.05, 0) is 56.0 Å². The minimum absolute atomic E-state index is 0.0305. The topological polar surface area (TPSA) is 71.1 Å². The van der Waals surface area contributed by atoms with Crippen LogP contribution in [0.5, 0.6) is 17.2 Å². The van der Waals surface area contributed by atoms with Crippen LogP contribution in [-0.2, 0) is 20.7 Å². The molecule has 4 aromatic rings. The number of methoxy groups -OCH3 is 1. The number of thiophene rings is 1. The number of benzene rings is 3. The summed E-state index contributed by atoms with van der Waals surface area (Å²) in [6, 6.07) is 14.3. The number of aryl methyl sites for hydroxylation is 1. The minimum atomic E-state index is -5.02. The molecule has 0 atom stereocenters. The van der Waals surface area contributed by atoms with Gasteiger partial charge >= 0.3 is 18.3 Å². The van der Waals surface area contributed by atoms with Crippen molar-refractivity contribution < 1.29 is 41.7 Å². The maximum absolute atomic E-state index is 13.4. The van der Waals surface area contributed by atoms with Gasteiger partial charge in [-0.1, -0.05) is 43.5 Å². The predicted molar refractivity (Wildman–Crippen MR) is 153 cm³/mol. The molecular weight excluding hydrogens is 557 g/mol. The van der Waals surface area contributed by atoms with Crippen molar-refractivity contribution in [1.82, 2.24) is 0 Å². The molecule has 0 aliphatic rings. The summed E-state index contributed by atoms with van der Waals surface area (Å²) in [6.07, 6.45) is -3.66. The average Bonchev–Trinajstić information content (AvgIpc) is 3.30. The fraction of sp³-hybridized carbons (Fsp3) is 0.226. The Morgan fingerprint density at radius 3 is 2.05 bits per heavy atom. The molecule has 0 spiro atoms. The molecule has 0 aliphatic heterocycles. The van der Waals surface area contributed by atoms with E-state index in [1.54, 1.807) is 13.0 Å². The smallest absolute Gasteiger partial charge is 0.495 e. The lowest BCUT2D eigenvalue weighted by Gasteiger charge is -2.14. The average molecular weight is 585 g/mol. The first-order valence-corrected chi connectivity index (χ1v) is 13.3.